The lowest BCUT2D eigenvalue weighted by molar-refractivity contribution is -0.157. The van der Waals surface area contributed by atoms with Crippen LogP contribution in [0.1, 0.15) is 40.7 Å². The zero-order chi connectivity index (χ0) is 26.9. The Balaban J connectivity index is 1.72. The van der Waals surface area contributed by atoms with Crippen LogP contribution in [0.4, 0.5) is 4.79 Å². The standard InChI is InChI=1S/C23H27N5O9/c1-2-36-23(35)37-27-12-10-26(11-13-27)21(32)16(8-9-19(29)30)24-20(31)17-14-18(22(33)34)28(25-17)15-6-4-3-5-7-15/h3-7,14,16H,2,8-13H2,1H3,(H,24,31)(H,29,30)(H,33,34)/t16-/m0/s1. The van der Waals surface area contributed by atoms with Gasteiger partial charge in [-0.05, 0) is 25.5 Å². The van der Waals surface area contributed by atoms with Gasteiger partial charge in [-0.1, -0.05) is 18.2 Å². The van der Waals surface area contributed by atoms with Crippen molar-refractivity contribution in [1.82, 2.24) is 25.1 Å². The largest absolute Gasteiger partial charge is 0.527 e. The van der Waals surface area contributed by atoms with Gasteiger partial charge in [0, 0.05) is 25.6 Å². The van der Waals surface area contributed by atoms with Crippen molar-refractivity contribution in [3.63, 3.8) is 0 Å². The predicted octanol–water partition coefficient (Wildman–Crippen LogP) is 0.766. The fraction of sp³-hybridized carbons (Fsp3) is 0.391. The summed E-state index contributed by atoms with van der Waals surface area (Å²) < 4.78 is 5.81. The molecule has 3 rings (SSSR count). The number of aliphatic carboxylic acids is 1. The van der Waals surface area contributed by atoms with Gasteiger partial charge in [-0.3, -0.25) is 14.4 Å². The molecule has 2 aromatic rings. The Morgan fingerprint density at radius 2 is 1.73 bits per heavy atom. The summed E-state index contributed by atoms with van der Waals surface area (Å²) in [6.45, 7) is 2.48. The van der Waals surface area contributed by atoms with E-state index in [0.29, 0.717) is 5.69 Å². The van der Waals surface area contributed by atoms with Crippen LogP contribution in [0.3, 0.4) is 0 Å². The molecule has 14 heteroatoms. The van der Waals surface area contributed by atoms with Gasteiger partial charge in [-0.15, -0.1) is 5.06 Å². The number of hydrogen-bond acceptors (Lipinski definition) is 9. The fourth-order valence-electron chi connectivity index (χ4n) is 3.64. The number of carbonyl (C=O) groups is 5. The lowest BCUT2D eigenvalue weighted by atomic mass is 10.1. The third-order valence-corrected chi connectivity index (χ3v) is 5.43. The Bertz CT molecular complexity index is 1140. The van der Waals surface area contributed by atoms with E-state index in [4.69, 9.17) is 14.7 Å². The lowest BCUT2D eigenvalue weighted by Crippen LogP contribution is -2.55. The van der Waals surface area contributed by atoms with Crippen LogP contribution in [0.15, 0.2) is 36.4 Å². The molecule has 1 aromatic heterocycles. The smallest absolute Gasteiger partial charge is 0.481 e. The van der Waals surface area contributed by atoms with Crippen molar-refractivity contribution in [3.05, 3.63) is 47.8 Å². The molecule has 1 aliphatic heterocycles. The van der Waals surface area contributed by atoms with Crippen molar-refractivity contribution in [2.24, 2.45) is 0 Å². The van der Waals surface area contributed by atoms with E-state index in [1.54, 1.807) is 37.3 Å². The number of aromatic nitrogens is 2. The van der Waals surface area contributed by atoms with E-state index in [0.717, 1.165) is 10.7 Å². The van der Waals surface area contributed by atoms with Crippen LogP contribution in [-0.2, 0) is 19.2 Å². The zero-order valence-corrected chi connectivity index (χ0v) is 20.0. The normalized spacial score (nSPS) is 14.5. The summed E-state index contributed by atoms with van der Waals surface area (Å²) >= 11 is 0. The number of carboxylic acid groups (broad SMARTS) is 2. The molecule has 2 amide bonds. The number of carbonyl (C=O) groups excluding carboxylic acids is 3. The molecule has 1 saturated heterocycles. The summed E-state index contributed by atoms with van der Waals surface area (Å²) in [6.07, 6.45) is -1.43. The van der Waals surface area contributed by atoms with E-state index in [1.165, 1.54) is 9.96 Å². The highest BCUT2D eigenvalue weighted by Crippen LogP contribution is 2.14. The molecule has 3 N–H and O–H groups in total. The SMILES string of the molecule is CCOC(=O)ON1CCN(C(=O)[C@H](CCC(=O)O)NC(=O)c2cc(C(=O)O)n(-c3ccccc3)n2)CC1. The number of para-hydroxylation sites is 1. The van der Waals surface area contributed by atoms with Crippen molar-refractivity contribution in [1.29, 1.82) is 0 Å². The van der Waals surface area contributed by atoms with Gasteiger partial charge in [0.2, 0.25) is 5.91 Å². The Kier molecular flexibility index (Phi) is 9.16. The highest BCUT2D eigenvalue weighted by atomic mass is 16.8. The highest BCUT2D eigenvalue weighted by Gasteiger charge is 2.31. The zero-order valence-electron chi connectivity index (χ0n) is 20.0. The topological polar surface area (TPSA) is 181 Å². The quantitative estimate of drug-likeness (QED) is 0.379. The van der Waals surface area contributed by atoms with Crippen molar-refractivity contribution in [3.8, 4) is 5.69 Å². The number of benzene rings is 1. The van der Waals surface area contributed by atoms with E-state index in [2.05, 4.69) is 10.4 Å². The van der Waals surface area contributed by atoms with Gasteiger partial charge < -0.3 is 30.0 Å². The van der Waals surface area contributed by atoms with Gasteiger partial charge in [-0.2, -0.15) is 5.10 Å². The van der Waals surface area contributed by atoms with E-state index < -0.39 is 36.0 Å². The minimum atomic E-state index is -1.31. The van der Waals surface area contributed by atoms with Gasteiger partial charge in [0.05, 0.1) is 25.4 Å². The maximum Gasteiger partial charge on any atom is 0.527 e. The average molecular weight is 517 g/mol. The summed E-state index contributed by atoms with van der Waals surface area (Å²) in [5.74, 6) is -3.81. The number of hydroxylamine groups is 2. The molecule has 0 radical (unpaired) electrons. The first-order valence-electron chi connectivity index (χ1n) is 11.5. The van der Waals surface area contributed by atoms with Crippen LogP contribution in [0.5, 0.6) is 0 Å². The summed E-state index contributed by atoms with van der Waals surface area (Å²) in [5.41, 5.74) is -0.0927. The molecule has 2 heterocycles. The molecular weight excluding hydrogens is 490 g/mol. The number of nitrogens with one attached hydrogen (secondary N) is 1. The van der Waals surface area contributed by atoms with Gasteiger partial charge in [0.25, 0.3) is 5.91 Å². The number of carboxylic acids is 2. The number of aromatic carboxylic acids is 1. The predicted molar refractivity (Wildman–Crippen MR) is 125 cm³/mol. The molecule has 37 heavy (non-hydrogen) atoms. The Morgan fingerprint density at radius 3 is 2.32 bits per heavy atom. The Hall–Kier alpha value is -4.46. The summed E-state index contributed by atoms with van der Waals surface area (Å²) in [7, 11) is 0. The first-order valence-corrected chi connectivity index (χ1v) is 11.5. The second kappa shape index (κ2) is 12.5. The van der Waals surface area contributed by atoms with E-state index >= 15 is 0 Å². The van der Waals surface area contributed by atoms with E-state index in [1.807, 2.05) is 0 Å². The molecule has 0 saturated carbocycles. The van der Waals surface area contributed by atoms with Gasteiger partial charge in [0.1, 0.15) is 6.04 Å². The summed E-state index contributed by atoms with van der Waals surface area (Å²) in [6, 6.07) is 8.21. The van der Waals surface area contributed by atoms with Crippen LogP contribution in [0.25, 0.3) is 5.69 Å². The van der Waals surface area contributed by atoms with Gasteiger partial charge in [-0.25, -0.2) is 14.3 Å². The van der Waals surface area contributed by atoms with Crippen LogP contribution in [-0.4, -0.2) is 98.7 Å². The Morgan fingerprint density at radius 1 is 1.05 bits per heavy atom. The number of hydrogen-bond donors (Lipinski definition) is 3. The average Bonchev–Trinajstić information content (AvgIpc) is 3.33. The van der Waals surface area contributed by atoms with Crippen molar-refractivity contribution in [2.75, 3.05) is 32.8 Å². The molecule has 14 nitrogen and oxygen atoms in total. The number of rotatable bonds is 10. The third-order valence-electron chi connectivity index (χ3n) is 5.43. The molecule has 0 aliphatic carbocycles. The number of ether oxygens (including phenoxy) is 1. The molecule has 0 bridgehead atoms. The maximum absolute atomic E-state index is 13.2. The second-order valence-electron chi connectivity index (χ2n) is 7.95. The second-order valence-corrected chi connectivity index (χ2v) is 7.95. The molecule has 1 fully saturated rings. The number of nitrogens with zero attached hydrogens (tertiary/aromatic N) is 4. The third kappa shape index (κ3) is 7.27. The molecular formula is C23H27N5O9. The summed E-state index contributed by atoms with van der Waals surface area (Å²) in [4.78, 5) is 66.9. The first-order chi connectivity index (χ1) is 17.7. The van der Waals surface area contributed by atoms with Gasteiger partial charge in [0.15, 0.2) is 11.4 Å². The maximum atomic E-state index is 13.2. The number of amides is 2. The van der Waals surface area contributed by atoms with Crippen LogP contribution >= 0.6 is 0 Å². The fourth-order valence-corrected chi connectivity index (χ4v) is 3.64. The number of piperazine rings is 1. The van der Waals surface area contributed by atoms with Crippen LogP contribution in [0.2, 0.25) is 0 Å². The van der Waals surface area contributed by atoms with E-state index in [-0.39, 0.29) is 57.0 Å². The molecule has 0 spiro atoms. The van der Waals surface area contributed by atoms with E-state index in [9.17, 15) is 29.1 Å². The van der Waals surface area contributed by atoms with Crippen molar-refractivity contribution >= 4 is 29.9 Å². The minimum absolute atomic E-state index is 0.153. The van der Waals surface area contributed by atoms with Crippen molar-refractivity contribution < 1.29 is 43.8 Å². The van der Waals surface area contributed by atoms with Crippen molar-refractivity contribution in [2.45, 2.75) is 25.8 Å². The highest BCUT2D eigenvalue weighted by molar-refractivity contribution is 5.98. The molecule has 1 aromatic carbocycles. The molecule has 1 aliphatic rings. The molecule has 0 unspecified atom stereocenters. The lowest BCUT2D eigenvalue weighted by Gasteiger charge is -2.35. The minimum Gasteiger partial charge on any atom is -0.481 e. The summed E-state index contributed by atoms with van der Waals surface area (Å²) in [5, 5.41) is 26.6. The monoisotopic (exact) mass is 517 g/mol. The van der Waals surface area contributed by atoms with Crippen LogP contribution in [0, 0.1) is 0 Å². The van der Waals surface area contributed by atoms with Gasteiger partial charge >= 0.3 is 18.1 Å². The molecule has 198 valence electrons. The van der Waals surface area contributed by atoms with Crippen LogP contribution < -0.4 is 5.32 Å². The first kappa shape index (κ1) is 27.1. The Labute approximate surface area is 211 Å². The molecule has 1 atom stereocenters.